The highest BCUT2D eigenvalue weighted by atomic mass is 16.6. The van der Waals surface area contributed by atoms with Gasteiger partial charge in [0, 0.05) is 12.4 Å². The minimum atomic E-state index is -0.592. The maximum Gasteiger partial charge on any atom is 0.418 e. The molecule has 104 valence electrons. The van der Waals surface area contributed by atoms with Crippen molar-refractivity contribution in [2.45, 2.75) is 32.8 Å². The Morgan fingerprint density at radius 1 is 1.37 bits per heavy atom. The van der Waals surface area contributed by atoms with Crippen molar-refractivity contribution in [3.8, 4) is 0 Å². The van der Waals surface area contributed by atoms with Gasteiger partial charge in [0.1, 0.15) is 5.60 Å². The van der Waals surface area contributed by atoms with Crippen molar-refractivity contribution in [2.75, 3.05) is 7.11 Å². The monoisotopic (exact) mass is 265 g/mol. The van der Waals surface area contributed by atoms with Crippen LogP contribution in [0.4, 0.5) is 4.79 Å². The highest BCUT2D eigenvalue weighted by molar-refractivity contribution is 5.92. The maximum atomic E-state index is 11.9. The molecule has 0 bridgehead atoms. The summed E-state index contributed by atoms with van der Waals surface area (Å²) in [5.74, 6) is -0.487. The second-order valence-electron chi connectivity index (χ2n) is 5.07. The number of rotatable bonds is 3. The molecule has 0 fully saturated rings. The predicted octanol–water partition coefficient (Wildman–Crippen LogP) is 2.79. The maximum absolute atomic E-state index is 11.9. The smallest absolute Gasteiger partial charge is 0.418 e. The van der Waals surface area contributed by atoms with Gasteiger partial charge in [-0.2, -0.15) is 0 Å². The molecule has 0 unspecified atom stereocenters. The highest BCUT2D eigenvalue weighted by Crippen LogP contribution is 2.16. The quantitative estimate of drug-likeness (QED) is 0.623. The third-order valence-electron chi connectivity index (χ3n) is 2.28. The summed E-state index contributed by atoms with van der Waals surface area (Å²) in [6.07, 6.45) is 4.57. The van der Waals surface area contributed by atoms with Gasteiger partial charge in [-0.25, -0.2) is 9.59 Å². The van der Waals surface area contributed by atoms with Gasteiger partial charge in [-0.3, -0.25) is 4.57 Å². The van der Waals surface area contributed by atoms with Crippen LogP contribution in [0.25, 0.3) is 0 Å². The summed E-state index contributed by atoms with van der Waals surface area (Å²) in [4.78, 5) is 23.5. The Kier molecular flexibility index (Phi) is 4.53. The fraction of sp³-hybridized carbons (Fsp3) is 0.429. The molecule has 5 heteroatoms. The minimum Gasteiger partial charge on any atom is -0.465 e. The molecule has 0 amide bonds. The van der Waals surface area contributed by atoms with Gasteiger partial charge in [0.15, 0.2) is 0 Å². The fourth-order valence-electron chi connectivity index (χ4n) is 1.53. The predicted molar refractivity (Wildman–Crippen MR) is 71.3 cm³/mol. The molecule has 19 heavy (non-hydrogen) atoms. The summed E-state index contributed by atoms with van der Waals surface area (Å²) in [5.41, 5.74) is 0.423. The van der Waals surface area contributed by atoms with Gasteiger partial charge in [0.05, 0.1) is 12.7 Å². The second kappa shape index (κ2) is 5.73. The van der Waals surface area contributed by atoms with Crippen LogP contribution in [0.1, 0.15) is 36.7 Å². The van der Waals surface area contributed by atoms with E-state index in [2.05, 4.69) is 11.3 Å². The Morgan fingerprint density at radius 3 is 2.47 bits per heavy atom. The van der Waals surface area contributed by atoms with Crippen LogP contribution in [0, 0.1) is 0 Å². The Bertz CT molecular complexity index is 494. The molecule has 0 aliphatic rings. The first-order chi connectivity index (χ1) is 8.78. The lowest BCUT2D eigenvalue weighted by Gasteiger charge is -2.19. The van der Waals surface area contributed by atoms with E-state index in [0.29, 0.717) is 17.5 Å². The molecule has 0 saturated carbocycles. The van der Waals surface area contributed by atoms with E-state index in [4.69, 9.17) is 4.74 Å². The Morgan fingerprint density at radius 2 is 2.00 bits per heavy atom. The highest BCUT2D eigenvalue weighted by Gasteiger charge is 2.21. The minimum absolute atomic E-state index is 0.341. The van der Waals surface area contributed by atoms with Crippen molar-refractivity contribution in [2.24, 2.45) is 0 Å². The normalized spacial score (nSPS) is 10.9. The topological polar surface area (TPSA) is 57.5 Å². The molecular weight excluding hydrogens is 246 g/mol. The van der Waals surface area contributed by atoms with Crippen LogP contribution in [-0.2, 0) is 15.9 Å². The zero-order valence-electron chi connectivity index (χ0n) is 11.7. The van der Waals surface area contributed by atoms with E-state index in [1.807, 2.05) is 0 Å². The lowest BCUT2D eigenvalue weighted by molar-refractivity contribution is 0.0537. The number of hydrogen-bond acceptors (Lipinski definition) is 4. The lowest BCUT2D eigenvalue weighted by Crippen LogP contribution is -2.26. The molecule has 0 aliphatic carbocycles. The Balaban J connectivity index is 3.07. The van der Waals surface area contributed by atoms with Gasteiger partial charge in [-0.05, 0) is 32.8 Å². The van der Waals surface area contributed by atoms with Crippen molar-refractivity contribution in [1.29, 1.82) is 0 Å². The van der Waals surface area contributed by atoms with Crippen molar-refractivity contribution < 1.29 is 19.1 Å². The Labute approximate surface area is 112 Å². The van der Waals surface area contributed by atoms with E-state index >= 15 is 0 Å². The van der Waals surface area contributed by atoms with Crippen LogP contribution in [0.15, 0.2) is 25.0 Å². The van der Waals surface area contributed by atoms with Gasteiger partial charge in [0.2, 0.25) is 0 Å². The molecule has 0 aliphatic heterocycles. The van der Waals surface area contributed by atoms with E-state index in [0.717, 1.165) is 0 Å². The first-order valence-electron chi connectivity index (χ1n) is 5.92. The summed E-state index contributed by atoms with van der Waals surface area (Å²) in [5, 5.41) is 0. The molecule has 5 nitrogen and oxygen atoms in total. The van der Waals surface area contributed by atoms with Crippen molar-refractivity contribution >= 4 is 12.1 Å². The number of carbonyl (C=O) groups excluding carboxylic acids is 2. The van der Waals surface area contributed by atoms with Gasteiger partial charge < -0.3 is 9.47 Å². The molecule has 1 aromatic heterocycles. The molecule has 0 radical (unpaired) electrons. The summed E-state index contributed by atoms with van der Waals surface area (Å²) >= 11 is 0. The molecule has 1 aromatic rings. The standard InChI is InChI=1S/C14H19NO4/c1-6-7-10-8-15(9-11(10)12(16)18-5)13(17)19-14(2,3)4/h6,8-9H,1,7H2,2-5H3. The molecule has 0 saturated heterocycles. The number of aromatic nitrogens is 1. The van der Waals surface area contributed by atoms with Crippen LogP contribution in [0.3, 0.4) is 0 Å². The zero-order chi connectivity index (χ0) is 14.6. The third kappa shape index (κ3) is 3.98. The molecular formula is C14H19NO4. The first kappa shape index (κ1) is 15.0. The van der Waals surface area contributed by atoms with Crippen molar-refractivity contribution in [3.05, 3.63) is 36.2 Å². The van der Waals surface area contributed by atoms with Gasteiger partial charge in [-0.15, -0.1) is 6.58 Å². The molecule has 0 N–H and O–H groups in total. The van der Waals surface area contributed by atoms with Gasteiger partial charge >= 0.3 is 12.1 Å². The number of nitrogens with zero attached hydrogens (tertiary/aromatic N) is 1. The zero-order valence-corrected chi connectivity index (χ0v) is 11.7. The number of ether oxygens (including phenoxy) is 2. The molecule has 0 spiro atoms. The largest absolute Gasteiger partial charge is 0.465 e. The number of carbonyl (C=O) groups is 2. The van der Waals surface area contributed by atoms with Crippen LogP contribution in [-0.4, -0.2) is 29.3 Å². The molecule has 0 aromatic carbocycles. The molecule has 0 atom stereocenters. The van der Waals surface area contributed by atoms with Gasteiger partial charge in [-0.1, -0.05) is 6.08 Å². The van der Waals surface area contributed by atoms with E-state index in [9.17, 15) is 9.59 Å². The number of methoxy groups -OCH3 is 1. The second-order valence-corrected chi connectivity index (χ2v) is 5.07. The van der Waals surface area contributed by atoms with Crippen LogP contribution in [0.5, 0.6) is 0 Å². The van der Waals surface area contributed by atoms with E-state index in [-0.39, 0.29) is 0 Å². The lowest BCUT2D eigenvalue weighted by atomic mass is 10.1. The van der Waals surface area contributed by atoms with Crippen LogP contribution < -0.4 is 0 Å². The summed E-state index contributed by atoms with van der Waals surface area (Å²) in [6.45, 7) is 8.95. The summed E-state index contributed by atoms with van der Waals surface area (Å²) in [7, 11) is 1.30. The SMILES string of the molecule is C=CCc1cn(C(=O)OC(C)(C)C)cc1C(=O)OC. The average molecular weight is 265 g/mol. The Hall–Kier alpha value is -2.04. The third-order valence-corrected chi connectivity index (χ3v) is 2.28. The average Bonchev–Trinajstić information content (AvgIpc) is 2.70. The number of esters is 1. The summed E-state index contributed by atoms with van der Waals surface area (Å²) in [6, 6.07) is 0. The number of allylic oxidation sites excluding steroid dienone is 1. The van der Waals surface area contributed by atoms with Crippen LogP contribution in [0.2, 0.25) is 0 Å². The molecule has 1 rings (SSSR count). The number of hydrogen-bond donors (Lipinski definition) is 0. The van der Waals surface area contributed by atoms with E-state index in [1.54, 1.807) is 33.0 Å². The van der Waals surface area contributed by atoms with Crippen LogP contribution >= 0.6 is 0 Å². The van der Waals surface area contributed by atoms with Crippen molar-refractivity contribution in [1.82, 2.24) is 4.57 Å². The van der Waals surface area contributed by atoms with E-state index < -0.39 is 17.7 Å². The fourth-order valence-corrected chi connectivity index (χ4v) is 1.53. The first-order valence-corrected chi connectivity index (χ1v) is 5.92. The van der Waals surface area contributed by atoms with E-state index in [1.165, 1.54) is 17.9 Å². The summed E-state index contributed by atoms with van der Waals surface area (Å²) < 4.78 is 11.2. The molecule has 1 heterocycles. The van der Waals surface area contributed by atoms with Crippen molar-refractivity contribution in [3.63, 3.8) is 0 Å². The van der Waals surface area contributed by atoms with Gasteiger partial charge in [0.25, 0.3) is 0 Å².